The molecule has 180 valence electrons. The van der Waals surface area contributed by atoms with Crippen LogP contribution in [0.2, 0.25) is 0 Å². The molecule has 2 aliphatic rings. The molecule has 0 bridgehead atoms. The first kappa shape index (κ1) is 23.5. The van der Waals surface area contributed by atoms with E-state index in [4.69, 9.17) is 14.2 Å². The molecule has 2 aromatic rings. The van der Waals surface area contributed by atoms with E-state index in [-0.39, 0.29) is 6.61 Å². The molecule has 4 rings (SSSR count). The molecule has 0 aliphatic carbocycles. The molecule has 1 fully saturated rings. The van der Waals surface area contributed by atoms with Crippen LogP contribution in [-0.4, -0.2) is 83.0 Å². The molecule has 0 unspecified atom stereocenters. The fourth-order valence-electron chi connectivity index (χ4n) is 3.47. The number of benzene rings is 1. The maximum absolute atomic E-state index is 13.4. The third-order valence-corrected chi connectivity index (χ3v) is 5.30. The first-order chi connectivity index (χ1) is 16.4. The van der Waals surface area contributed by atoms with Gasteiger partial charge in [0.15, 0.2) is 11.6 Å². The van der Waals surface area contributed by atoms with E-state index in [1.165, 1.54) is 15.6 Å². The van der Waals surface area contributed by atoms with Crippen LogP contribution in [0.5, 0.6) is 0 Å². The maximum atomic E-state index is 13.4. The van der Waals surface area contributed by atoms with Crippen LogP contribution in [0.1, 0.15) is 5.69 Å². The monoisotopic (exact) mass is 476 g/mol. The van der Waals surface area contributed by atoms with Crippen molar-refractivity contribution in [3.05, 3.63) is 59.9 Å². The number of amides is 1. The molecule has 1 saturated heterocycles. The Morgan fingerprint density at radius 1 is 1.03 bits per heavy atom. The molecule has 10 nitrogen and oxygen atoms in total. The van der Waals surface area contributed by atoms with Crippen LogP contribution in [0.4, 0.5) is 8.78 Å². The molecular formula is C22H22F2N4O6. The average molecular weight is 476 g/mol. The number of hydrogen-bond acceptors (Lipinski definition) is 8. The van der Waals surface area contributed by atoms with Crippen molar-refractivity contribution >= 4 is 17.8 Å². The highest BCUT2D eigenvalue weighted by Crippen LogP contribution is 2.14. The normalized spacial score (nSPS) is 17.4. The van der Waals surface area contributed by atoms with Crippen molar-refractivity contribution in [3.63, 3.8) is 0 Å². The van der Waals surface area contributed by atoms with E-state index in [9.17, 15) is 23.2 Å². The zero-order valence-corrected chi connectivity index (χ0v) is 18.1. The van der Waals surface area contributed by atoms with Gasteiger partial charge in [-0.15, -0.1) is 0 Å². The van der Waals surface area contributed by atoms with Crippen molar-refractivity contribution in [2.45, 2.75) is 12.9 Å². The molecule has 34 heavy (non-hydrogen) atoms. The number of carbonyl (C=O) groups is 3. The lowest BCUT2D eigenvalue weighted by atomic mass is 10.3. The minimum atomic E-state index is -1.57. The fourth-order valence-corrected chi connectivity index (χ4v) is 3.47. The quantitative estimate of drug-likeness (QED) is 0.427. The predicted molar refractivity (Wildman–Crippen MR) is 111 cm³/mol. The van der Waals surface area contributed by atoms with Crippen molar-refractivity contribution in [1.82, 2.24) is 19.6 Å². The first-order valence-corrected chi connectivity index (χ1v) is 10.6. The van der Waals surface area contributed by atoms with Gasteiger partial charge in [-0.1, -0.05) is 0 Å². The fraction of sp³-hybridized carbons (Fsp3) is 0.364. The number of ether oxygens (including phenoxy) is 3. The van der Waals surface area contributed by atoms with Crippen LogP contribution in [0.15, 0.2) is 42.6 Å². The van der Waals surface area contributed by atoms with Crippen molar-refractivity contribution < 1.29 is 37.4 Å². The van der Waals surface area contributed by atoms with E-state index in [2.05, 4.69) is 10.00 Å². The summed E-state index contributed by atoms with van der Waals surface area (Å²) in [5.74, 6) is -4.05. The molecule has 0 radical (unpaired) electrons. The smallest absolute Gasteiger partial charge is 0.334 e. The van der Waals surface area contributed by atoms with Crippen molar-refractivity contribution in [3.8, 4) is 5.69 Å². The minimum Gasteiger partial charge on any atom is -0.412 e. The Labute approximate surface area is 193 Å². The van der Waals surface area contributed by atoms with Gasteiger partial charge in [0.05, 0.1) is 24.6 Å². The van der Waals surface area contributed by atoms with Gasteiger partial charge < -0.3 is 19.1 Å². The molecule has 3 heterocycles. The van der Waals surface area contributed by atoms with Gasteiger partial charge in [0.2, 0.25) is 0 Å². The molecule has 1 aromatic heterocycles. The summed E-state index contributed by atoms with van der Waals surface area (Å²) in [5.41, 5.74) is 1.05. The summed E-state index contributed by atoms with van der Waals surface area (Å²) in [6, 6.07) is 5.27. The Balaban J connectivity index is 1.17. The molecule has 0 saturated carbocycles. The largest absolute Gasteiger partial charge is 0.412 e. The van der Waals surface area contributed by atoms with E-state index in [1.54, 1.807) is 12.3 Å². The summed E-state index contributed by atoms with van der Waals surface area (Å²) in [5, 5.41) is 4.30. The second-order valence-corrected chi connectivity index (χ2v) is 7.61. The molecule has 1 aromatic carbocycles. The number of hydrogen-bond donors (Lipinski definition) is 0. The van der Waals surface area contributed by atoms with Crippen LogP contribution in [0.25, 0.3) is 5.69 Å². The topological polar surface area (TPSA) is 103 Å². The number of halogens is 2. The number of cyclic esters (lactones) is 2. The number of piperazine rings is 1. The molecule has 2 aliphatic heterocycles. The van der Waals surface area contributed by atoms with E-state index in [0.29, 0.717) is 50.7 Å². The van der Waals surface area contributed by atoms with Gasteiger partial charge in [-0.05, 0) is 18.2 Å². The Bertz CT molecular complexity index is 1080. The summed E-state index contributed by atoms with van der Waals surface area (Å²) >= 11 is 0. The van der Waals surface area contributed by atoms with Crippen molar-refractivity contribution in [2.24, 2.45) is 0 Å². The number of carbonyl (C=O) groups excluding carboxylic acids is 3. The molecule has 0 atom stereocenters. The van der Waals surface area contributed by atoms with Crippen LogP contribution < -0.4 is 0 Å². The Hall–Kier alpha value is -3.64. The van der Waals surface area contributed by atoms with Crippen LogP contribution in [0, 0.1) is 11.6 Å². The SMILES string of the molecule is O=C1C=CC(=O)OC(C(=O)N2CCN(CCOCc3ccn(-c4ccc(F)c(F)c4)n3)CC2)O1. The van der Waals surface area contributed by atoms with E-state index >= 15 is 0 Å². The Kier molecular flexibility index (Phi) is 7.28. The van der Waals surface area contributed by atoms with Gasteiger partial charge >= 0.3 is 24.1 Å². The standard InChI is InChI=1S/C22H22F2N4O6/c23-17-2-1-16(13-18(17)24)28-6-5-15(25-28)14-32-12-11-26-7-9-27(10-8-26)21(31)22-33-19(29)3-4-20(30)34-22/h1-6,13,22H,7-12,14H2. The van der Waals surface area contributed by atoms with Crippen LogP contribution in [0.3, 0.4) is 0 Å². The summed E-state index contributed by atoms with van der Waals surface area (Å²) in [6.07, 6.45) is 1.90. The predicted octanol–water partition coefficient (Wildman–Crippen LogP) is 0.794. The molecule has 0 spiro atoms. The van der Waals surface area contributed by atoms with E-state index in [1.807, 2.05) is 0 Å². The second kappa shape index (κ2) is 10.5. The highest BCUT2D eigenvalue weighted by molar-refractivity contribution is 5.96. The van der Waals surface area contributed by atoms with Gasteiger partial charge in [-0.2, -0.15) is 5.10 Å². The van der Waals surface area contributed by atoms with Gasteiger partial charge in [-0.25, -0.2) is 23.1 Å². The highest BCUT2D eigenvalue weighted by Gasteiger charge is 2.33. The van der Waals surface area contributed by atoms with Gasteiger partial charge in [0.25, 0.3) is 0 Å². The zero-order chi connectivity index (χ0) is 24.1. The third-order valence-electron chi connectivity index (χ3n) is 5.30. The van der Waals surface area contributed by atoms with Crippen LogP contribution >= 0.6 is 0 Å². The summed E-state index contributed by atoms with van der Waals surface area (Å²) in [4.78, 5) is 39.0. The number of esters is 2. The van der Waals surface area contributed by atoms with Gasteiger partial charge in [0.1, 0.15) is 0 Å². The summed E-state index contributed by atoms with van der Waals surface area (Å²) < 4.78 is 43.3. The van der Waals surface area contributed by atoms with Gasteiger partial charge in [0, 0.05) is 57.1 Å². The lowest BCUT2D eigenvalue weighted by Gasteiger charge is -2.35. The highest BCUT2D eigenvalue weighted by atomic mass is 19.2. The molecule has 1 amide bonds. The Morgan fingerprint density at radius 2 is 1.74 bits per heavy atom. The van der Waals surface area contributed by atoms with Crippen LogP contribution in [-0.2, 0) is 35.2 Å². The average Bonchev–Trinajstić information content (AvgIpc) is 3.23. The number of nitrogens with zero attached hydrogens (tertiary/aromatic N) is 4. The minimum absolute atomic E-state index is 0.252. The lowest BCUT2D eigenvalue weighted by Crippen LogP contribution is -2.53. The number of aromatic nitrogens is 2. The lowest BCUT2D eigenvalue weighted by molar-refractivity contribution is -0.191. The van der Waals surface area contributed by atoms with Crippen molar-refractivity contribution in [2.75, 3.05) is 39.3 Å². The van der Waals surface area contributed by atoms with Gasteiger partial charge in [-0.3, -0.25) is 9.69 Å². The first-order valence-electron chi connectivity index (χ1n) is 10.6. The molecular weight excluding hydrogens is 454 g/mol. The van der Waals surface area contributed by atoms with E-state index < -0.39 is 35.8 Å². The third kappa shape index (κ3) is 5.83. The zero-order valence-electron chi connectivity index (χ0n) is 18.1. The second-order valence-electron chi connectivity index (χ2n) is 7.61. The summed E-state index contributed by atoms with van der Waals surface area (Å²) in [6.45, 7) is 3.23. The number of rotatable bonds is 7. The molecule has 0 N–H and O–H groups in total. The van der Waals surface area contributed by atoms with E-state index in [0.717, 1.165) is 24.3 Å². The summed E-state index contributed by atoms with van der Waals surface area (Å²) in [7, 11) is 0. The maximum Gasteiger partial charge on any atom is 0.334 e. The molecule has 12 heteroatoms. The Morgan fingerprint density at radius 3 is 2.41 bits per heavy atom. The van der Waals surface area contributed by atoms with Crippen molar-refractivity contribution in [1.29, 1.82) is 0 Å².